The quantitative estimate of drug-likeness (QED) is 0.515. The Labute approximate surface area is 102 Å². The largest absolute Gasteiger partial charge is 0.399 e. The summed E-state index contributed by atoms with van der Waals surface area (Å²) in [5, 5.41) is 0. The zero-order valence-corrected chi connectivity index (χ0v) is 11.1. The Bertz CT molecular complexity index is 318. The third kappa shape index (κ3) is 4.03. The lowest BCUT2D eigenvalue weighted by Crippen LogP contribution is -2.15. The fourth-order valence-electron chi connectivity index (χ4n) is 1.02. The molecule has 1 rings (SSSR count). The van der Waals surface area contributed by atoms with Gasteiger partial charge in [-0.2, -0.15) is 0 Å². The monoisotopic (exact) mass is 291 g/mol. The van der Waals surface area contributed by atoms with Crippen LogP contribution in [0.5, 0.6) is 0 Å². The minimum atomic E-state index is -0.181. The van der Waals surface area contributed by atoms with Crippen molar-refractivity contribution in [1.29, 1.82) is 0 Å². The van der Waals surface area contributed by atoms with Gasteiger partial charge in [-0.25, -0.2) is 0 Å². The van der Waals surface area contributed by atoms with E-state index in [0.717, 1.165) is 20.8 Å². The van der Waals surface area contributed by atoms with Crippen LogP contribution in [-0.2, 0) is 9.47 Å². The maximum absolute atomic E-state index is 5.65. The molecule has 0 aromatic heterocycles. The molecule has 0 saturated carbocycles. The van der Waals surface area contributed by atoms with Crippen LogP contribution in [0.4, 0.5) is 5.69 Å². The summed E-state index contributed by atoms with van der Waals surface area (Å²) in [6.45, 7) is 0. The number of benzene rings is 1. The van der Waals surface area contributed by atoms with Crippen LogP contribution in [0.3, 0.4) is 0 Å². The van der Waals surface area contributed by atoms with Crippen LogP contribution in [0.25, 0.3) is 0 Å². The van der Waals surface area contributed by atoms with Crippen LogP contribution >= 0.6 is 27.7 Å². The molecule has 0 aliphatic rings. The fraction of sp³-hybridized carbons (Fsp3) is 0.400. The van der Waals surface area contributed by atoms with Gasteiger partial charge in [0.15, 0.2) is 6.29 Å². The summed E-state index contributed by atoms with van der Waals surface area (Å²) in [6.07, 6.45) is -0.181. The number of nitrogen functional groups attached to an aromatic ring is 1. The Balaban J connectivity index is 2.57. The topological polar surface area (TPSA) is 44.5 Å². The van der Waals surface area contributed by atoms with E-state index in [4.69, 9.17) is 15.2 Å². The lowest BCUT2D eigenvalue weighted by molar-refractivity contribution is -0.0842. The summed E-state index contributed by atoms with van der Waals surface area (Å²) in [7, 11) is 3.26. The Morgan fingerprint density at radius 1 is 1.40 bits per heavy atom. The maximum atomic E-state index is 5.65. The van der Waals surface area contributed by atoms with Gasteiger partial charge in [0.05, 0.1) is 0 Å². The normalized spacial score (nSPS) is 10.9. The van der Waals surface area contributed by atoms with E-state index < -0.39 is 0 Å². The van der Waals surface area contributed by atoms with Crippen molar-refractivity contribution in [3.05, 3.63) is 22.7 Å². The number of hydrogen-bond acceptors (Lipinski definition) is 4. The number of ether oxygens (including phenoxy) is 2. The van der Waals surface area contributed by atoms with Gasteiger partial charge in [-0.3, -0.25) is 0 Å². The molecule has 0 heterocycles. The van der Waals surface area contributed by atoms with Crippen molar-refractivity contribution in [2.75, 3.05) is 25.7 Å². The minimum absolute atomic E-state index is 0.181. The first-order chi connectivity index (χ1) is 7.17. The van der Waals surface area contributed by atoms with Crippen LogP contribution in [0, 0.1) is 0 Å². The first kappa shape index (κ1) is 12.8. The number of methoxy groups -OCH3 is 2. The molecule has 0 aliphatic heterocycles. The molecule has 0 aliphatic carbocycles. The van der Waals surface area contributed by atoms with Crippen molar-refractivity contribution < 1.29 is 9.47 Å². The second kappa shape index (κ2) is 6.37. The van der Waals surface area contributed by atoms with E-state index in [2.05, 4.69) is 15.9 Å². The fourth-order valence-corrected chi connectivity index (χ4v) is 2.71. The molecule has 3 nitrogen and oxygen atoms in total. The smallest absolute Gasteiger partial charge is 0.166 e. The average Bonchev–Trinajstić information content (AvgIpc) is 2.22. The first-order valence-corrected chi connectivity index (χ1v) is 6.18. The number of halogens is 1. The van der Waals surface area contributed by atoms with Crippen LogP contribution in [0.15, 0.2) is 27.6 Å². The number of hydrogen-bond donors (Lipinski definition) is 1. The van der Waals surface area contributed by atoms with Crippen LogP contribution in [-0.4, -0.2) is 26.3 Å². The molecule has 0 saturated heterocycles. The Kier molecular flexibility index (Phi) is 5.45. The van der Waals surface area contributed by atoms with Crippen LogP contribution in [0.2, 0.25) is 0 Å². The molecule has 84 valence electrons. The molecule has 1 aromatic carbocycles. The maximum Gasteiger partial charge on any atom is 0.166 e. The second-order valence-corrected chi connectivity index (χ2v) is 4.82. The van der Waals surface area contributed by atoms with Gasteiger partial charge in [0.25, 0.3) is 0 Å². The number of anilines is 1. The molecule has 0 bridgehead atoms. The van der Waals surface area contributed by atoms with Crippen molar-refractivity contribution in [1.82, 2.24) is 0 Å². The van der Waals surface area contributed by atoms with Crippen molar-refractivity contribution in [2.24, 2.45) is 0 Å². The van der Waals surface area contributed by atoms with Gasteiger partial charge in [-0.15, -0.1) is 11.8 Å². The van der Waals surface area contributed by atoms with E-state index in [-0.39, 0.29) is 6.29 Å². The van der Waals surface area contributed by atoms with Gasteiger partial charge in [-0.05, 0) is 34.1 Å². The summed E-state index contributed by atoms with van der Waals surface area (Å²) in [4.78, 5) is 1.13. The third-order valence-corrected chi connectivity index (χ3v) is 3.88. The number of rotatable bonds is 5. The van der Waals surface area contributed by atoms with Crippen molar-refractivity contribution in [2.45, 2.75) is 11.2 Å². The standard InChI is InChI=1S/C10H14BrNO2S/c1-13-10(14-2)6-15-9-4-3-7(12)5-8(9)11/h3-5,10H,6,12H2,1-2H3. The summed E-state index contributed by atoms with van der Waals surface area (Å²) in [6, 6.07) is 5.74. The zero-order valence-electron chi connectivity index (χ0n) is 8.70. The average molecular weight is 292 g/mol. The second-order valence-electron chi connectivity index (χ2n) is 2.90. The van der Waals surface area contributed by atoms with E-state index in [9.17, 15) is 0 Å². The van der Waals surface area contributed by atoms with E-state index in [0.29, 0.717) is 0 Å². The number of thioether (sulfide) groups is 1. The molecule has 0 atom stereocenters. The highest BCUT2D eigenvalue weighted by Gasteiger charge is 2.07. The molecular formula is C10H14BrNO2S. The minimum Gasteiger partial charge on any atom is -0.399 e. The highest BCUT2D eigenvalue weighted by atomic mass is 79.9. The zero-order chi connectivity index (χ0) is 11.3. The SMILES string of the molecule is COC(CSc1ccc(N)cc1Br)OC. The third-order valence-electron chi connectivity index (χ3n) is 1.86. The van der Waals surface area contributed by atoms with E-state index in [1.807, 2.05) is 18.2 Å². The molecule has 1 aromatic rings. The predicted octanol–water partition coefficient (Wildman–Crippen LogP) is 2.74. The molecule has 0 amide bonds. The first-order valence-electron chi connectivity index (χ1n) is 4.40. The summed E-state index contributed by atoms with van der Waals surface area (Å²) < 4.78 is 11.2. The summed E-state index contributed by atoms with van der Waals surface area (Å²) in [5.74, 6) is 0.746. The van der Waals surface area contributed by atoms with Crippen molar-refractivity contribution in [3.63, 3.8) is 0 Å². The van der Waals surface area contributed by atoms with E-state index >= 15 is 0 Å². The lowest BCUT2D eigenvalue weighted by atomic mass is 10.3. The highest BCUT2D eigenvalue weighted by Crippen LogP contribution is 2.29. The predicted molar refractivity (Wildman–Crippen MR) is 67.1 cm³/mol. The number of nitrogens with two attached hydrogens (primary N) is 1. The van der Waals surface area contributed by atoms with Gasteiger partial charge < -0.3 is 15.2 Å². The Hall–Kier alpha value is -0.230. The van der Waals surface area contributed by atoms with Crippen LogP contribution in [0.1, 0.15) is 0 Å². The Morgan fingerprint density at radius 2 is 2.07 bits per heavy atom. The van der Waals surface area contributed by atoms with Gasteiger partial charge >= 0.3 is 0 Å². The summed E-state index contributed by atoms with van der Waals surface area (Å²) in [5.41, 5.74) is 6.40. The van der Waals surface area contributed by atoms with Gasteiger partial charge in [0, 0.05) is 35.0 Å². The van der Waals surface area contributed by atoms with Gasteiger partial charge in [-0.1, -0.05) is 0 Å². The van der Waals surface area contributed by atoms with Crippen molar-refractivity contribution >= 4 is 33.4 Å². The summed E-state index contributed by atoms with van der Waals surface area (Å²) >= 11 is 5.12. The molecule has 0 radical (unpaired) electrons. The lowest BCUT2D eigenvalue weighted by Gasteiger charge is -2.13. The molecule has 2 N–H and O–H groups in total. The molecular weight excluding hydrogens is 278 g/mol. The molecule has 15 heavy (non-hydrogen) atoms. The molecule has 0 fully saturated rings. The van der Waals surface area contributed by atoms with Gasteiger partial charge in [0.2, 0.25) is 0 Å². The van der Waals surface area contributed by atoms with Crippen LogP contribution < -0.4 is 5.73 Å². The molecule has 0 spiro atoms. The highest BCUT2D eigenvalue weighted by molar-refractivity contribution is 9.10. The van der Waals surface area contributed by atoms with E-state index in [1.165, 1.54) is 0 Å². The molecule has 0 unspecified atom stereocenters. The Morgan fingerprint density at radius 3 is 2.60 bits per heavy atom. The van der Waals surface area contributed by atoms with E-state index in [1.54, 1.807) is 26.0 Å². The molecule has 5 heteroatoms. The van der Waals surface area contributed by atoms with Crippen molar-refractivity contribution in [3.8, 4) is 0 Å². The van der Waals surface area contributed by atoms with Gasteiger partial charge in [0.1, 0.15) is 0 Å².